The normalized spacial score (nSPS) is 11.4. The van der Waals surface area contributed by atoms with Crippen molar-refractivity contribution in [2.24, 2.45) is 0 Å². The van der Waals surface area contributed by atoms with Crippen LogP contribution in [-0.4, -0.2) is 45.5 Å². The highest BCUT2D eigenvalue weighted by Gasteiger charge is 2.14. The highest BCUT2D eigenvalue weighted by atomic mass is 32.2. The quantitative estimate of drug-likeness (QED) is 0.827. The average molecular weight is 282 g/mol. The predicted molar refractivity (Wildman–Crippen MR) is 63.4 cm³/mol. The van der Waals surface area contributed by atoms with Crippen molar-refractivity contribution in [2.75, 3.05) is 6.26 Å². The van der Waals surface area contributed by atoms with Crippen LogP contribution in [0.4, 0.5) is 0 Å². The molecule has 2 aromatic heterocycles. The first-order valence-corrected chi connectivity index (χ1v) is 7.02. The van der Waals surface area contributed by atoms with Gasteiger partial charge in [-0.05, 0) is 0 Å². The standard InChI is InChI=1S/C10H10N4O4S/c1-19(17,18)7-2-13-14(4-7)5-9-8(10(15)16)3-11-6-12-9/h2-4,6H,5H2,1H3,(H,15,16). The molecule has 2 heterocycles. The van der Waals surface area contributed by atoms with Gasteiger partial charge in [0, 0.05) is 18.6 Å². The van der Waals surface area contributed by atoms with E-state index in [4.69, 9.17) is 5.11 Å². The van der Waals surface area contributed by atoms with Crippen molar-refractivity contribution in [3.8, 4) is 0 Å². The summed E-state index contributed by atoms with van der Waals surface area (Å²) in [5, 5.41) is 12.8. The summed E-state index contributed by atoms with van der Waals surface area (Å²) < 4.78 is 23.9. The second-order valence-electron chi connectivity index (χ2n) is 3.83. The molecular formula is C10H10N4O4S. The molecule has 0 saturated heterocycles. The second kappa shape index (κ2) is 4.76. The van der Waals surface area contributed by atoms with Crippen molar-refractivity contribution in [2.45, 2.75) is 11.4 Å². The fourth-order valence-electron chi connectivity index (χ4n) is 1.44. The Labute approximate surface area is 108 Å². The van der Waals surface area contributed by atoms with Gasteiger partial charge in [0.05, 0.1) is 18.4 Å². The van der Waals surface area contributed by atoms with E-state index in [1.165, 1.54) is 29.6 Å². The molecular weight excluding hydrogens is 272 g/mol. The van der Waals surface area contributed by atoms with Crippen molar-refractivity contribution in [3.05, 3.63) is 36.2 Å². The summed E-state index contributed by atoms with van der Waals surface area (Å²) in [6.07, 6.45) is 6.01. The fraction of sp³-hybridized carbons (Fsp3) is 0.200. The third-order valence-electron chi connectivity index (χ3n) is 2.37. The third-order valence-corrected chi connectivity index (χ3v) is 3.44. The zero-order valence-electron chi connectivity index (χ0n) is 9.89. The van der Waals surface area contributed by atoms with Crippen LogP contribution in [0.5, 0.6) is 0 Å². The van der Waals surface area contributed by atoms with E-state index < -0.39 is 15.8 Å². The topological polar surface area (TPSA) is 115 Å². The average Bonchev–Trinajstić information content (AvgIpc) is 2.77. The molecule has 0 aliphatic heterocycles. The molecule has 2 aromatic rings. The first-order valence-electron chi connectivity index (χ1n) is 5.12. The highest BCUT2D eigenvalue weighted by Crippen LogP contribution is 2.10. The molecule has 0 atom stereocenters. The number of carboxylic acids is 1. The Bertz CT molecular complexity index is 723. The first kappa shape index (κ1) is 13.1. The Morgan fingerprint density at radius 3 is 2.74 bits per heavy atom. The lowest BCUT2D eigenvalue weighted by atomic mass is 10.2. The maximum atomic E-state index is 11.3. The van der Waals surface area contributed by atoms with E-state index in [9.17, 15) is 13.2 Å². The molecule has 0 aromatic carbocycles. The molecule has 0 bridgehead atoms. The van der Waals surface area contributed by atoms with Crippen LogP contribution in [-0.2, 0) is 16.4 Å². The number of hydrogen-bond acceptors (Lipinski definition) is 6. The molecule has 1 N–H and O–H groups in total. The van der Waals surface area contributed by atoms with Gasteiger partial charge in [-0.2, -0.15) is 5.10 Å². The van der Waals surface area contributed by atoms with Gasteiger partial charge in [-0.15, -0.1) is 0 Å². The number of aromatic nitrogens is 4. The maximum absolute atomic E-state index is 11.3. The summed E-state index contributed by atoms with van der Waals surface area (Å²) in [5.41, 5.74) is 0.213. The van der Waals surface area contributed by atoms with Crippen LogP contribution < -0.4 is 0 Å². The molecule has 2 rings (SSSR count). The van der Waals surface area contributed by atoms with Gasteiger partial charge >= 0.3 is 5.97 Å². The number of hydrogen-bond donors (Lipinski definition) is 1. The molecule has 0 amide bonds. The van der Waals surface area contributed by atoms with Gasteiger partial charge in [0.15, 0.2) is 9.84 Å². The van der Waals surface area contributed by atoms with Crippen LogP contribution in [0.25, 0.3) is 0 Å². The van der Waals surface area contributed by atoms with Crippen LogP contribution in [0.1, 0.15) is 16.1 Å². The molecule has 0 unspecified atom stereocenters. The van der Waals surface area contributed by atoms with Gasteiger partial charge in [-0.1, -0.05) is 0 Å². The minimum atomic E-state index is -3.33. The zero-order chi connectivity index (χ0) is 14.0. The van der Waals surface area contributed by atoms with Crippen molar-refractivity contribution >= 4 is 15.8 Å². The third kappa shape index (κ3) is 2.94. The van der Waals surface area contributed by atoms with Gasteiger partial charge in [0.25, 0.3) is 0 Å². The van der Waals surface area contributed by atoms with Crippen LogP contribution in [0.2, 0.25) is 0 Å². The summed E-state index contributed by atoms with van der Waals surface area (Å²) >= 11 is 0. The lowest BCUT2D eigenvalue weighted by molar-refractivity contribution is 0.0694. The van der Waals surface area contributed by atoms with Gasteiger partial charge in [-0.3, -0.25) is 4.68 Å². The number of sulfone groups is 1. The lowest BCUT2D eigenvalue weighted by Crippen LogP contribution is -2.10. The van der Waals surface area contributed by atoms with E-state index in [1.54, 1.807) is 0 Å². The minimum absolute atomic E-state index is 0.0427. The van der Waals surface area contributed by atoms with Gasteiger partial charge in [-0.25, -0.2) is 23.2 Å². The predicted octanol–water partition coefficient (Wildman–Crippen LogP) is -0.177. The summed E-state index contributed by atoms with van der Waals surface area (Å²) in [6, 6.07) is 0. The van der Waals surface area contributed by atoms with Crippen LogP contribution >= 0.6 is 0 Å². The Kier molecular flexibility index (Phi) is 3.30. The number of rotatable bonds is 4. The Balaban J connectivity index is 2.32. The van der Waals surface area contributed by atoms with Gasteiger partial charge < -0.3 is 5.11 Å². The first-order chi connectivity index (χ1) is 8.88. The van der Waals surface area contributed by atoms with Crippen LogP contribution in [0, 0.1) is 0 Å². The van der Waals surface area contributed by atoms with E-state index in [-0.39, 0.29) is 22.7 Å². The Morgan fingerprint density at radius 2 is 2.16 bits per heavy atom. The van der Waals surface area contributed by atoms with E-state index in [0.717, 1.165) is 6.26 Å². The molecule has 9 heteroatoms. The van der Waals surface area contributed by atoms with E-state index in [1.807, 2.05) is 0 Å². The lowest BCUT2D eigenvalue weighted by Gasteiger charge is -2.03. The van der Waals surface area contributed by atoms with E-state index >= 15 is 0 Å². The minimum Gasteiger partial charge on any atom is -0.478 e. The maximum Gasteiger partial charge on any atom is 0.339 e. The van der Waals surface area contributed by atoms with Crippen molar-refractivity contribution in [3.63, 3.8) is 0 Å². The molecule has 8 nitrogen and oxygen atoms in total. The largest absolute Gasteiger partial charge is 0.478 e. The Morgan fingerprint density at radius 1 is 1.42 bits per heavy atom. The molecule has 0 saturated carbocycles. The van der Waals surface area contributed by atoms with Gasteiger partial charge in [0.1, 0.15) is 16.8 Å². The van der Waals surface area contributed by atoms with Crippen molar-refractivity contribution in [1.29, 1.82) is 0 Å². The summed E-state index contributed by atoms with van der Waals surface area (Å²) in [6.45, 7) is 0.0552. The summed E-state index contributed by atoms with van der Waals surface area (Å²) in [4.78, 5) is 18.5. The van der Waals surface area contributed by atoms with Gasteiger partial charge in [0.2, 0.25) is 0 Å². The molecule has 0 aliphatic rings. The molecule has 0 aliphatic carbocycles. The SMILES string of the molecule is CS(=O)(=O)c1cnn(Cc2ncncc2C(=O)O)c1. The van der Waals surface area contributed by atoms with Crippen LogP contribution in [0.3, 0.4) is 0 Å². The summed E-state index contributed by atoms with van der Waals surface area (Å²) in [7, 11) is -3.33. The van der Waals surface area contributed by atoms with Crippen molar-refractivity contribution < 1.29 is 18.3 Å². The zero-order valence-corrected chi connectivity index (χ0v) is 10.7. The fourth-order valence-corrected chi connectivity index (χ4v) is 1.99. The highest BCUT2D eigenvalue weighted by molar-refractivity contribution is 7.90. The molecule has 0 fully saturated rings. The number of nitrogens with zero attached hydrogens (tertiary/aromatic N) is 4. The number of carbonyl (C=O) groups is 1. The second-order valence-corrected chi connectivity index (χ2v) is 5.85. The number of carboxylic acid groups (broad SMARTS) is 1. The van der Waals surface area contributed by atoms with E-state index in [2.05, 4.69) is 15.1 Å². The number of aromatic carboxylic acids is 1. The van der Waals surface area contributed by atoms with Crippen molar-refractivity contribution in [1.82, 2.24) is 19.7 Å². The molecule has 0 spiro atoms. The summed E-state index contributed by atoms with van der Waals surface area (Å²) in [5.74, 6) is -1.15. The smallest absolute Gasteiger partial charge is 0.339 e. The molecule has 19 heavy (non-hydrogen) atoms. The monoisotopic (exact) mass is 282 g/mol. The molecule has 100 valence electrons. The molecule has 0 radical (unpaired) electrons. The Hall–Kier alpha value is -2.29. The van der Waals surface area contributed by atoms with Crippen LogP contribution in [0.15, 0.2) is 29.8 Å². The van der Waals surface area contributed by atoms with E-state index in [0.29, 0.717) is 0 Å².